The van der Waals surface area contributed by atoms with Crippen LogP contribution in [0.4, 0.5) is 63.2 Å². The van der Waals surface area contributed by atoms with Crippen molar-refractivity contribution in [3.05, 3.63) is 123 Å². The third-order valence-corrected chi connectivity index (χ3v) is 23.6. The van der Waals surface area contributed by atoms with Crippen molar-refractivity contribution in [1.82, 2.24) is 134 Å². The van der Waals surface area contributed by atoms with E-state index in [4.69, 9.17) is 93.1 Å². The van der Waals surface area contributed by atoms with Gasteiger partial charge in [-0.25, -0.2) is 78.0 Å². The molecule has 24 rings (SSSR count). The van der Waals surface area contributed by atoms with Crippen molar-refractivity contribution < 1.29 is 51.4 Å². The summed E-state index contributed by atoms with van der Waals surface area (Å²) in [7, 11) is 1.27. The molecular formula is C87H89N37O11. The summed E-state index contributed by atoms with van der Waals surface area (Å²) in [5.41, 5.74) is 62.1. The number of amides is 2. The Morgan fingerprint density at radius 3 is 1.36 bits per heavy atom. The monoisotopic (exact) mass is 1830 g/mol. The van der Waals surface area contributed by atoms with Crippen molar-refractivity contribution in [2.75, 3.05) is 129 Å². The van der Waals surface area contributed by atoms with Crippen molar-refractivity contribution >= 4 is 181 Å². The van der Waals surface area contributed by atoms with Crippen LogP contribution in [0.2, 0.25) is 0 Å². The topological polar surface area (TPSA) is 669 Å². The van der Waals surface area contributed by atoms with Crippen LogP contribution in [0.5, 0.6) is 0 Å². The first-order valence-electron chi connectivity index (χ1n) is 43.1. The van der Waals surface area contributed by atoms with Gasteiger partial charge < -0.3 is 97.9 Å². The van der Waals surface area contributed by atoms with E-state index < -0.39 is 11.6 Å². The number of anilines is 10. The van der Waals surface area contributed by atoms with Crippen LogP contribution in [0.15, 0.2) is 145 Å². The lowest BCUT2D eigenvalue weighted by Crippen LogP contribution is -2.42. The normalized spacial score (nSPS) is 14.4. The molecule has 48 heteroatoms. The zero-order valence-corrected chi connectivity index (χ0v) is 73.3. The van der Waals surface area contributed by atoms with Crippen molar-refractivity contribution in [2.45, 2.75) is 90.1 Å². The third-order valence-electron chi connectivity index (χ3n) is 23.6. The highest BCUT2D eigenvalue weighted by Gasteiger charge is 2.47. The Hall–Kier alpha value is -17.0. The summed E-state index contributed by atoms with van der Waals surface area (Å²) in [5.74, 6) is 3.43. The smallest absolute Gasteiger partial charge is 0.412 e. The van der Waals surface area contributed by atoms with E-state index in [9.17, 15) is 14.7 Å². The first kappa shape index (κ1) is 86.0. The summed E-state index contributed by atoms with van der Waals surface area (Å²) in [6.45, 7) is 15.3. The molecule has 0 radical (unpaired) electrons. The molecule has 2 aliphatic carbocycles. The Morgan fingerprint density at radius 1 is 0.459 bits per heavy atom. The summed E-state index contributed by atoms with van der Waals surface area (Å²) in [5, 5.41) is 61.4. The number of aliphatic hydroxyl groups is 1. The Balaban J connectivity index is 0.000000105. The minimum Gasteiger partial charge on any atom is -0.453 e. The number of fused-ring (bicyclic) bond motifs is 10. The van der Waals surface area contributed by atoms with Crippen LogP contribution in [-0.2, 0) is 37.6 Å². The van der Waals surface area contributed by atoms with Gasteiger partial charge in [-0.3, -0.25) is 15.0 Å². The number of oxazole rings is 1. The number of hydrogen-bond acceptors (Lipinski definition) is 41. The molecule has 0 atom stereocenters. The zero-order chi connectivity index (χ0) is 93.2. The molecule has 688 valence electrons. The fourth-order valence-electron chi connectivity index (χ4n) is 16.3. The summed E-state index contributed by atoms with van der Waals surface area (Å²) < 4.78 is 50.6. The van der Waals surface area contributed by atoms with Gasteiger partial charge in [-0.15, -0.1) is 0 Å². The van der Waals surface area contributed by atoms with Crippen LogP contribution in [0.3, 0.4) is 0 Å². The largest absolute Gasteiger partial charge is 0.453 e. The lowest BCUT2D eigenvalue weighted by atomic mass is 10.1. The number of aromatic nitrogens is 25. The molecule has 19 N–H and O–H groups in total. The second-order valence-electron chi connectivity index (χ2n) is 33.0. The number of morpholine rings is 2. The Labute approximate surface area is 761 Å². The maximum absolute atomic E-state index is 12.7. The summed E-state index contributed by atoms with van der Waals surface area (Å²) >= 11 is 0. The van der Waals surface area contributed by atoms with Gasteiger partial charge in [0.1, 0.15) is 101 Å². The molecule has 5 aromatic carbocycles. The van der Waals surface area contributed by atoms with Crippen molar-refractivity contribution in [1.29, 1.82) is 0 Å². The van der Waals surface area contributed by atoms with Crippen LogP contribution in [0, 0.1) is 0 Å². The van der Waals surface area contributed by atoms with Crippen LogP contribution in [-0.4, -0.2) is 230 Å². The van der Waals surface area contributed by atoms with Gasteiger partial charge in [0.15, 0.2) is 79.4 Å². The van der Waals surface area contributed by atoms with Crippen LogP contribution in [0.1, 0.15) is 65.5 Å². The number of hydrogen-bond donors (Lipinski definition) is 11. The minimum atomic E-state index is -0.636. The molecule has 0 bridgehead atoms. The van der Waals surface area contributed by atoms with Gasteiger partial charge in [0, 0.05) is 78.7 Å². The second-order valence-corrected chi connectivity index (χ2v) is 33.0. The molecule has 2 saturated heterocycles. The standard InChI is InChI=1S/C18H18N8O3.C18H20N8O2.C18H19N7O.C17H17N7O3.C16H15N7O2/c19-16-11-7-10(1-2-12(11)29-24-16)15-14-17(20)21-9-22-18(14)26(23-15)8-13(27)25-3-5-28-6-4-25;19-16-12-9-11(1-2-13(12)28-24-16)15-14-17(20)21-10-22-18(14)26(23-15)4-3-25-5-7-27-8-6-25;1-9(2)25-18-14(16(19)20-8-21-18)15(23-25)10-3-6-13-12(7-10)17(24-26-13)22-11-4-5-11;1-8(2)24-16-12(14(18)19-7-20-16)13(22-24)9-4-5-11-10(6-9)15(23-27-11)21-17(25)26-3;17-13-11-12(8-1-2-10-9(5-8)21-15(18)25-10)22-23(14(11)20-7-19-13)16(6-24)3-4-16/h1-2,7,9H,3-6,8H2,(H2,19,24)(H2,20,21,22);1-2,9-10H,3-8H2,(H2,19,24)(H2,20,21,22);3,6-9,11H,4-5H2,1-2H3,(H,22,24)(H2,19,20,21);4-8H,1-3H3,(H2,18,19,20)(H,21,23,25);1-2,5,7,24H,3-4,6H2,(H2,18,21)(H2,17,19,20). The lowest BCUT2D eigenvalue weighted by molar-refractivity contribution is -0.136. The molecule has 2 aliphatic heterocycles. The number of nitrogens with one attached hydrogen (secondary N) is 2. The molecule has 20 aromatic rings. The molecule has 135 heavy (non-hydrogen) atoms. The number of nitrogen functional groups attached to an aromatic ring is 8. The van der Waals surface area contributed by atoms with Crippen molar-refractivity contribution in [3.63, 3.8) is 0 Å². The zero-order valence-electron chi connectivity index (χ0n) is 73.3. The van der Waals surface area contributed by atoms with E-state index >= 15 is 0 Å². The summed E-state index contributed by atoms with van der Waals surface area (Å²) in [6.07, 6.45) is 10.5. The number of methoxy groups -OCH3 is 1. The van der Waals surface area contributed by atoms with E-state index in [1.54, 1.807) is 37.1 Å². The highest BCUT2D eigenvalue weighted by Crippen LogP contribution is 2.47. The molecule has 15 aromatic heterocycles. The van der Waals surface area contributed by atoms with Gasteiger partial charge in [-0.2, -0.15) is 30.5 Å². The van der Waals surface area contributed by atoms with E-state index in [0.717, 1.165) is 123 Å². The molecule has 0 unspecified atom stereocenters. The molecule has 48 nitrogen and oxygen atoms in total. The van der Waals surface area contributed by atoms with Gasteiger partial charge >= 0.3 is 6.09 Å². The maximum Gasteiger partial charge on any atom is 0.412 e. The predicted molar refractivity (Wildman–Crippen MR) is 499 cm³/mol. The van der Waals surface area contributed by atoms with E-state index in [0.29, 0.717) is 162 Å². The molecule has 4 aliphatic rings. The summed E-state index contributed by atoms with van der Waals surface area (Å²) in [4.78, 5) is 74.9. The lowest BCUT2D eigenvalue weighted by Gasteiger charge is -2.26. The number of carbonyl (C=O) groups is 2. The van der Waals surface area contributed by atoms with Gasteiger partial charge in [-0.1, -0.05) is 20.6 Å². The van der Waals surface area contributed by atoms with E-state index in [1.807, 2.05) is 96.0 Å². The number of rotatable bonds is 17. The molecule has 0 spiro atoms. The van der Waals surface area contributed by atoms with E-state index in [-0.39, 0.29) is 54.6 Å². The van der Waals surface area contributed by atoms with Gasteiger partial charge in [0.2, 0.25) is 5.91 Å². The Morgan fingerprint density at radius 2 is 0.867 bits per heavy atom. The van der Waals surface area contributed by atoms with Crippen LogP contribution >= 0.6 is 0 Å². The molecular weight excluding hydrogens is 1740 g/mol. The first-order chi connectivity index (χ1) is 65.5. The molecule has 2 amide bonds. The molecule has 4 fully saturated rings. The first-order valence-corrected chi connectivity index (χ1v) is 43.1. The second kappa shape index (κ2) is 35.4. The number of aliphatic hydroxyl groups excluding tert-OH is 1. The molecule has 2 saturated carbocycles. The predicted octanol–water partition coefficient (Wildman–Crippen LogP) is 9.42. The summed E-state index contributed by atoms with van der Waals surface area (Å²) in [6, 6.07) is 28.7. The van der Waals surface area contributed by atoms with Crippen molar-refractivity contribution in [2.24, 2.45) is 0 Å². The number of carbonyl (C=O) groups excluding carboxylic acids is 2. The van der Waals surface area contributed by atoms with E-state index in [1.165, 1.54) is 51.6 Å². The van der Waals surface area contributed by atoms with Crippen LogP contribution < -0.4 is 56.5 Å². The average Bonchev–Trinajstić information content (AvgIpc) is 1.57. The Kier molecular flexibility index (Phi) is 22.5. The quantitative estimate of drug-likeness (QED) is 0.0404. The van der Waals surface area contributed by atoms with Gasteiger partial charge in [0.25, 0.3) is 6.01 Å². The highest BCUT2D eigenvalue weighted by atomic mass is 16.5. The Bertz CT molecular complexity index is 7910. The van der Waals surface area contributed by atoms with E-state index in [2.05, 4.69) is 120 Å². The SMILES string of the molecule is CC(C)n1nc(-c2ccc3onc(NC4CC4)c3c2)c2c(N)ncnc21.COC(=O)Nc1noc2ccc(-c3nn(C(C)C)c4ncnc(N)c34)cc12.Nc1nc2cc(-c3nn(C4(CO)CC4)c4ncnc(N)c34)ccc2o1.Nc1noc2ccc(-c3nn(CC(=O)N4CCOCC4)c4ncnc(N)c34)cc12.Nc1noc2ccc(-c3nn(CCN4CCOCC4)c4ncnc(N)c34)cc12. The number of ether oxygens (including phenoxy) is 3. The highest BCUT2D eigenvalue weighted by molar-refractivity contribution is 6.07. The van der Waals surface area contributed by atoms with Crippen LogP contribution in [0.25, 0.3) is 166 Å². The third kappa shape index (κ3) is 16.5. The number of nitrogens with two attached hydrogens (primary N) is 8. The fourth-order valence-corrected chi connectivity index (χ4v) is 16.3. The van der Waals surface area contributed by atoms with Gasteiger partial charge in [-0.05, 0) is 144 Å². The molecule has 17 heterocycles. The minimum absolute atomic E-state index is 0.00593. The fraction of sp³-hybridized carbons (Fsp3) is 0.287. The van der Waals surface area contributed by atoms with Crippen molar-refractivity contribution in [3.8, 4) is 56.3 Å². The average molecular weight is 1830 g/mol. The van der Waals surface area contributed by atoms with Gasteiger partial charge in [0.05, 0.1) is 101 Å². The number of benzene rings is 5. The maximum atomic E-state index is 12.7. The number of nitrogens with zero attached hydrogens (tertiary/aromatic N) is 27.